The van der Waals surface area contributed by atoms with Crippen LogP contribution in [-0.4, -0.2) is 12.9 Å². The Bertz CT molecular complexity index is 621. The third-order valence-corrected chi connectivity index (χ3v) is 5.56. The van der Waals surface area contributed by atoms with Crippen LogP contribution < -0.4 is 4.74 Å². The van der Waals surface area contributed by atoms with Crippen molar-refractivity contribution in [3.8, 4) is 5.75 Å². The van der Waals surface area contributed by atoms with Crippen LogP contribution >= 0.6 is 0 Å². The molecule has 0 fully saturated rings. The first kappa shape index (κ1) is 21.5. The van der Waals surface area contributed by atoms with Crippen LogP contribution in [0, 0.1) is 0 Å². The first-order valence-electron chi connectivity index (χ1n) is 9.58. The minimum atomic E-state index is 0.0130. The number of carbonyl (C=O) groups excluding carboxylic acids is 1. The Kier molecular flexibility index (Phi) is 7.46. The van der Waals surface area contributed by atoms with Gasteiger partial charge in [-0.25, -0.2) is 0 Å². The van der Waals surface area contributed by atoms with Gasteiger partial charge in [-0.3, -0.25) is 4.79 Å². The highest BCUT2D eigenvalue weighted by Gasteiger charge is 2.29. The number of allylic oxidation sites excluding steroid dienone is 2. The Morgan fingerprint density at radius 2 is 1.64 bits per heavy atom. The number of carbonyl (C=O) groups is 1. The number of ether oxygens (including phenoxy) is 1. The fourth-order valence-corrected chi connectivity index (χ4v) is 2.76. The summed E-state index contributed by atoms with van der Waals surface area (Å²) < 4.78 is 6.22. The molecular formula is C23H36O2. The van der Waals surface area contributed by atoms with Gasteiger partial charge in [-0.2, -0.15) is 0 Å². The molecule has 1 aromatic rings. The SMILES string of the molecule is CCCOc1c(/C(C)=C\C=O)cc(C(C)(C)CC)cc1C(C)(C)CC. The third kappa shape index (κ3) is 4.96. The molecule has 0 radical (unpaired) electrons. The summed E-state index contributed by atoms with van der Waals surface area (Å²) in [5, 5.41) is 0. The summed E-state index contributed by atoms with van der Waals surface area (Å²) in [6.45, 7) is 18.3. The maximum Gasteiger partial charge on any atom is 0.143 e. The van der Waals surface area contributed by atoms with Crippen molar-refractivity contribution in [3.05, 3.63) is 34.9 Å². The van der Waals surface area contributed by atoms with E-state index in [2.05, 4.69) is 60.6 Å². The van der Waals surface area contributed by atoms with Gasteiger partial charge in [0, 0.05) is 11.1 Å². The highest BCUT2D eigenvalue weighted by atomic mass is 16.5. The van der Waals surface area contributed by atoms with Crippen LogP contribution in [0.3, 0.4) is 0 Å². The van der Waals surface area contributed by atoms with E-state index in [1.165, 1.54) is 11.1 Å². The van der Waals surface area contributed by atoms with Gasteiger partial charge in [0.2, 0.25) is 0 Å². The van der Waals surface area contributed by atoms with Crippen LogP contribution in [0.4, 0.5) is 0 Å². The monoisotopic (exact) mass is 344 g/mol. The second-order valence-electron chi connectivity index (χ2n) is 8.21. The quantitative estimate of drug-likeness (QED) is 0.380. The second kappa shape index (κ2) is 8.69. The molecule has 0 aliphatic carbocycles. The van der Waals surface area contributed by atoms with Crippen LogP contribution in [0.25, 0.3) is 5.57 Å². The van der Waals surface area contributed by atoms with Gasteiger partial charge in [-0.05, 0) is 60.3 Å². The molecule has 0 heterocycles. The molecule has 0 unspecified atom stereocenters. The lowest BCUT2D eigenvalue weighted by Gasteiger charge is -2.32. The topological polar surface area (TPSA) is 26.3 Å². The molecule has 25 heavy (non-hydrogen) atoms. The zero-order valence-corrected chi connectivity index (χ0v) is 17.5. The van der Waals surface area contributed by atoms with Crippen LogP contribution in [0.5, 0.6) is 5.75 Å². The van der Waals surface area contributed by atoms with E-state index in [9.17, 15) is 4.79 Å². The summed E-state index contributed by atoms with van der Waals surface area (Å²) in [5.74, 6) is 0.944. The standard InChI is InChI=1S/C23H36O2/c1-9-14-25-21-19(17(4)12-13-24)15-18(22(5,6)10-2)16-20(21)23(7,8)11-3/h12-13,15-16H,9-11,14H2,1-8H3/b17-12-. The van der Waals surface area contributed by atoms with Gasteiger partial charge >= 0.3 is 0 Å². The average Bonchev–Trinajstić information content (AvgIpc) is 2.59. The molecule has 0 aliphatic rings. The minimum Gasteiger partial charge on any atom is -0.493 e. The summed E-state index contributed by atoms with van der Waals surface area (Å²) in [4.78, 5) is 11.1. The van der Waals surface area contributed by atoms with Gasteiger partial charge in [0.1, 0.15) is 12.0 Å². The van der Waals surface area contributed by atoms with E-state index >= 15 is 0 Å². The Morgan fingerprint density at radius 3 is 2.12 bits per heavy atom. The summed E-state index contributed by atoms with van der Waals surface area (Å²) in [6.07, 6.45) is 5.55. The van der Waals surface area contributed by atoms with Crippen molar-refractivity contribution < 1.29 is 9.53 Å². The van der Waals surface area contributed by atoms with Gasteiger partial charge in [0.25, 0.3) is 0 Å². The second-order valence-corrected chi connectivity index (χ2v) is 8.21. The van der Waals surface area contributed by atoms with Crippen molar-refractivity contribution >= 4 is 11.9 Å². The fourth-order valence-electron chi connectivity index (χ4n) is 2.76. The summed E-state index contributed by atoms with van der Waals surface area (Å²) in [5.41, 5.74) is 4.66. The third-order valence-electron chi connectivity index (χ3n) is 5.56. The molecule has 0 saturated heterocycles. The zero-order chi connectivity index (χ0) is 19.3. The lowest BCUT2D eigenvalue weighted by atomic mass is 9.74. The van der Waals surface area contributed by atoms with Crippen molar-refractivity contribution in [3.63, 3.8) is 0 Å². The van der Waals surface area contributed by atoms with E-state index in [4.69, 9.17) is 4.74 Å². The van der Waals surface area contributed by atoms with Crippen molar-refractivity contribution in [1.82, 2.24) is 0 Å². The molecule has 140 valence electrons. The normalized spacial score (nSPS) is 13.0. The van der Waals surface area contributed by atoms with E-state index in [1.807, 2.05) is 6.92 Å². The number of aldehydes is 1. The Labute approximate surface area is 154 Å². The van der Waals surface area contributed by atoms with Gasteiger partial charge < -0.3 is 4.74 Å². The number of rotatable bonds is 9. The summed E-state index contributed by atoms with van der Waals surface area (Å²) >= 11 is 0. The van der Waals surface area contributed by atoms with E-state index < -0.39 is 0 Å². The van der Waals surface area contributed by atoms with Crippen molar-refractivity contribution in [1.29, 1.82) is 0 Å². The van der Waals surface area contributed by atoms with Crippen LogP contribution in [0.1, 0.15) is 91.3 Å². The lowest BCUT2D eigenvalue weighted by Crippen LogP contribution is -2.22. The predicted octanol–water partition coefficient (Wildman–Crippen LogP) is 6.45. The van der Waals surface area contributed by atoms with Gasteiger partial charge in [0.15, 0.2) is 0 Å². The molecule has 0 bridgehead atoms. The number of benzene rings is 1. The van der Waals surface area contributed by atoms with Gasteiger partial charge in [-0.15, -0.1) is 0 Å². The van der Waals surface area contributed by atoms with Crippen molar-refractivity contribution in [2.75, 3.05) is 6.61 Å². The first-order valence-corrected chi connectivity index (χ1v) is 9.58. The predicted molar refractivity (Wildman–Crippen MR) is 109 cm³/mol. The Balaban J connectivity index is 3.81. The molecule has 0 saturated carbocycles. The first-order chi connectivity index (χ1) is 11.6. The number of hydrogen-bond acceptors (Lipinski definition) is 2. The lowest BCUT2D eigenvalue weighted by molar-refractivity contribution is -0.104. The molecule has 0 spiro atoms. The molecule has 0 amide bonds. The minimum absolute atomic E-state index is 0.0130. The fraction of sp³-hybridized carbons (Fsp3) is 0.609. The van der Waals surface area contributed by atoms with Crippen LogP contribution in [0.2, 0.25) is 0 Å². The molecular weight excluding hydrogens is 308 g/mol. The number of hydrogen-bond donors (Lipinski definition) is 0. The summed E-state index contributed by atoms with van der Waals surface area (Å²) in [6, 6.07) is 4.55. The molecule has 2 nitrogen and oxygen atoms in total. The average molecular weight is 345 g/mol. The molecule has 0 N–H and O–H groups in total. The van der Waals surface area contributed by atoms with E-state index in [1.54, 1.807) is 6.08 Å². The van der Waals surface area contributed by atoms with Crippen LogP contribution in [-0.2, 0) is 15.6 Å². The van der Waals surface area contributed by atoms with Gasteiger partial charge in [0.05, 0.1) is 6.61 Å². The highest BCUT2D eigenvalue weighted by Crippen LogP contribution is 2.43. The van der Waals surface area contributed by atoms with E-state index in [-0.39, 0.29) is 10.8 Å². The maximum atomic E-state index is 11.1. The van der Waals surface area contributed by atoms with Crippen LogP contribution in [0.15, 0.2) is 18.2 Å². The molecule has 1 rings (SSSR count). The molecule has 0 aromatic heterocycles. The molecule has 0 aliphatic heterocycles. The highest BCUT2D eigenvalue weighted by molar-refractivity contribution is 5.83. The zero-order valence-electron chi connectivity index (χ0n) is 17.5. The molecule has 0 atom stereocenters. The largest absolute Gasteiger partial charge is 0.493 e. The molecule has 1 aromatic carbocycles. The Hall–Kier alpha value is -1.57. The smallest absolute Gasteiger partial charge is 0.143 e. The van der Waals surface area contributed by atoms with Crippen molar-refractivity contribution in [2.45, 2.75) is 85.5 Å². The maximum absolute atomic E-state index is 11.1. The Morgan fingerprint density at radius 1 is 1.04 bits per heavy atom. The van der Waals surface area contributed by atoms with E-state index in [0.29, 0.717) is 6.61 Å². The van der Waals surface area contributed by atoms with E-state index in [0.717, 1.165) is 42.4 Å². The van der Waals surface area contributed by atoms with Crippen molar-refractivity contribution in [2.24, 2.45) is 0 Å². The summed E-state index contributed by atoms with van der Waals surface area (Å²) in [7, 11) is 0. The molecule has 2 heteroatoms. The van der Waals surface area contributed by atoms with Gasteiger partial charge in [-0.1, -0.05) is 54.5 Å².